The molecule has 0 aliphatic carbocycles. The maximum atomic E-state index is 12.4. The van der Waals surface area contributed by atoms with E-state index in [0.29, 0.717) is 11.6 Å². The summed E-state index contributed by atoms with van der Waals surface area (Å²) in [6.45, 7) is 2.00. The number of likely N-dealkylation sites (N-methyl/N-ethyl adjacent to an activating group) is 1. The largest absolute Gasteiger partial charge is 0.472 e. The maximum absolute atomic E-state index is 12.4. The number of rotatable bonds is 1. The van der Waals surface area contributed by atoms with Crippen LogP contribution in [0.25, 0.3) is 0 Å². The van der Waals surface area contributed by atoms with Gasteiger partial charge in [0, 0.05) is 18.8 Å². The van der Waals surface area contributed by atoms with E-state index < -0.39 is 6.10 Å². The van der Waals surface area contributed by atoms with Crippen molar-refractivity contribution in [3.05, 3.63) is 53.7 Å². The summed E-state index contributed by atoms with van der Waals surface area (Å²) in [6.07, 6.45) is 1.06. The molecule has 19 heavy (non-hydrogen) atoms. The highest BCUT2D eigenvalue weighted by molar-refractivity contribution is 5.99. The van der Waals surface area contributed by atoms with Gasteiger partial charge in [0.25, 0.3) is 5.91 Å². The number of hydrogen-bond donors (Lipinski definition) is 0. The van der Waals surface area contributed by atoms with Crippen LogP contribution in [0, 0.1) is 6.92 Å². The quantitative estimate of drug-likeness (QED) is 0.785. The topological polar surface area (TPSA) is 42.4 Å². The average molecular weight is 254 g/mol. The second-order valence-electron chi connectivity index (χ2n) is 4.63. The molecule has 0 saturated carbocycles. The Hall–Kier alpha value is -2.36. The van der Waals surface area contributed by atoms with Gasteiger partial charge in [0.15, 0.2) is 11.6 Å². The summed E-state index contributed by atoms with van der Waals surface area (Å²) in [5.74, 6) is 1.10. The standard InChI is InChI=1S/C15H14N2O2/c1-10-5-3-6-11(9-10)13-15(18)17(2)14-12(19-13)7-4-8-16-14/h3-9,13H,1-2H3. The molecule has 1 aromatic heterocycles. The lowest BCUT2D eigenvalue weighted by Gasteiger charge is -2.31. The van der Waals surface area contributed by atoms with Crippen LogP contribution in [0.4, 0.5) is 5.82 Å². The van der Waals surface area contributed by atoms with Gasteiger partial charge >= 0.3 is 0 Å². The van der Waals surface area contributed by atoms with Crippen molar-refractivity contribution in [3.63, 3.8) is 0 Å². The molecule has 1 atom stereocenters. The molecule has 0 spiro atoms. The van der Waals surface area contributed by atoms with Gasteiger partial charge in [-0.1, -0.05) is 29.8 Å². The zero-order valence-corrected chi connectivity index (χ0v) is 10.8. The number of carbonyl (C=O) groups excluding carboxylic acids is 1. The number of hydrogen-bond acceptors (Lipinski definition) is 3. The molecule has 1 unspecified atom stereocenters. The Morgan fingerprint density at radius 1 is 1.26 bits per heavy atom. The Kier molecular flexibility index (Phi) is 2.71. The van der Waals surface area contributed by atoms with E-state index in [9.17, 15) is 4.79 Å². The molecular weight excluding hydrogens is 240 g/mol. The molecule has 3 rings (SSSR count). The lowest BCUT2D eigenvalue weighted by molar-refractivity contribution is -0.126. The van der Waals surface area contributed by atoms with E-state index in [1.165, 1.54) is 0 Å². The van der Waals surface area contributed by atoms with Gasteiger partial charge < -0.3 is 4.74 Å². The number of nitrogens with zero attached hydrogens (tertiary/aromatic N) is 2. The van der Waals surface area contributed by atoms with E-state index >= 15 is 0 Å². The van der Waals surface area contributed by atoms with E-state index in [4.69, 9.17) is 4.74 Å². The summed E-state index contributed by atoms with van der Waals surface area (Å²) in [7, 11) is 1.72. The fourth-order valence-electron chi connectivity index (χ4n) is 2.23. The van der Waals surface area contributed by atoms with Gasteiger partial charge in [-0.3, -0.25) is 9.69 Å². The zero-order valence-electron chi connectivity index (χ0n) is 10.8. The fourth-order valence-corrected chi connectivity index (χ4v) is 2.23. The van der Waals surface area contributed by atoms with E-state index in [0.717, 1.165) is 11.1 Å². The highest BCUT2D eigenvalue weighted by atomic mass is 16.5. The zero-order chi connectivity index (χ0) is 13.4. The monoisotopic (exact) mass is 254 g/mol. The number of aryl methyl sites for hydroxylation is 1. The van der Waals surface area contributed by atoms with Gasteiger partial charge in [0.1, 0.15) is 0 Å². The first-order chi connectivity index (χ1) is 9.16. The summed E-state index contributed by atoms with van der Waals surface area (Å²) in [5, 5.41) is 0. The minimum absolute atomic E-state index is 0.100. The first-order valence-electron chi connectivity index (χ1n) is 6.12. The van der Waals surface area contributed by atoms with Gasteiger partial charge in [0.2, 0.25) is 6.10 Å². The summed E-state index contributed by atoms with van der Waals surface area (Å²) in [4.78, 5) is 18.1. The number of amides is 1. The van der Waals surface area contributed by atoms with Crippen molar-refractivity contribution in [1.29, 1.82) is 0 Å². The predicted molar refractivity (Wildman–Crippen MR) is 72.2 cm³/mol. The molecule has 1 aliphatic heterocycles. The average Bonchev–Trinajstić information content (AvgIpc) is 2.43. The van der Waals surface area contributed by atoms with Crippen molar-refractivity contribution in [2.24, 2.45) is 0 Å². The third-order valence-corrected chi connectivity index (χ3v) is 3.21. The van der Waals surface area contributed by atoms with Crippen molar-refractivity contribution in [2.45, 2.75) is 13.0 Å². The lowest BCUT2D eigenvalue weighted by Crippen LogP contribution is -2.38. The minimum Gasteiger partial charge on any atom is -0.472 e. The summed E-state index contributed by atoms with van der Waals surface area (Å²) in [5.41, 5.74) is 1.97. The lowest BCUT2D eigenvalue weighted by atomic mass is 10.0. The van der Waals surface area contributed by atoms with Crippen LogP contribution in [-0.2, 0) is 4.79 Å². The molecule has 2 aromatic rings. The molecule has 1 aromatic carbocycles. The number of benzene rings is 1. The van der Waals surface area contributed by atoms with E-state index in [2.05, 4.69) is 4.98 Å². The number of ether oxygens (including phenoxy) is 1. The number of aromatic nitrogens is 1. The van der Waals surface area contributed by atoms with Crippen molar-refractivity contribution in [2.75, 3.05) is 11.9 Å². The summed E-state index contributed by atoms with van der Waals surface area (Å²) in [6, 6.07) is 11.4. The summed E-state index contributed by atoms with van der Waals surface area (Å²) >= 11 is 0. The molecule has 4 nitrogen and oxygen atoms in total. The Labute approximate surface area is 111 Å². The smallest absolute Gasteiger partial charge is 0.273 e. The second kappa shape index (κ2) is 4.39. The first-order valence-corrected chi connectivity index (χ1v) is 6.12. The van der Waals surface area contributed by atoms with E-state index in [1.807, 2.05) is 37.3 Å². The highest BCUT2D eigenvalue weighted by Crippen LogP contribution is 2.36. The maximum Gasteiger partial charge on any atom is 0.273 e. The Balaban J connectivity index is 2.04. The molecule has 0 saturated heterocycles. The van der Waals surface area contributed by atoms with Gasteiger partial charge in [-0.15, -0.1) is 0 Å². The number of fused-ring (bicyclic) bond motifs is 1. The van der Waals surface area contributed by atoms with Crippen LogP contribution >= 0.6 is 0 Å². The van der Waals surface area contributed by atoms with Gasteiger partial charge in [-0.25, -0.2) is 4.98 Å². The number of pyridine rings is 1. The summed E-state index contributed by atoms with van der Waals surface area (Å²) < 4.78 is 5.80. The van der Waals surface area contributed by atoms with Crippen molar-refractivity contribution < 1.29 is 9.53 Å². The van der Waals surface area contributed by atoms with Crippen LogP contribution in [-0.4, -0.2) is 17.9 Å². The van der Waals surface area contributed by atoms with Gasteiger partial charge in [0.05, 0.1) is 0 Å². The normalized spacial score (nSPS) is 17.9. The van der Waals surface area contributed by atoms with Crippen LogP contribution in [0.5, 0.6) is 5.75 Å². The molecule has 0 bridgehead atoms. The Bertz CT molecular complexity index is 640. The molecule has 96 valence electrons. The molecule has 2 heterocycles. The van der Waals surface area contributed by atoms with Gasteiger partial charge in [-0.2, -0.15) is 0 Å². The molecule has 1 amide bonds. The third-order valence-electron chi connectivity index (χ3n) is 3.21. The van der Waals surface area contributed by atoms with Gasteiger partial charge in [-0.05, 0) is 19.1 Å². The van der Waals surface area contributed by atoms with Crippen LogP contribution < -0.4 is 9.64 Å². The second-order valence-corrected chi connectivity index (χ2v) is 4.63. The molecular formula is C15H14N2O2. The SMILES string of the molecule is Cc1cccc(C2Oc3cccnc3N(C)C2=O)c1. The molecule has 0 fully saturated rings. The van der Waals surface area contributed by atoms with E-state index in [1.54, 1.807) is 24.2 Å². The highest BCUT2D eigenvalue weighted by Gasteiger charge is 2.34. The van der Waals surface area contributed by atoms with Crippen LogP contribution in [0.1, 0.15) is 17.2 Å². The van der Waals surface area contributed by atoms with Crippen LogP contribution in [0.15, 0.2) is 42.6 Å². The number of anilines is 1. The van der Waals surface area contributed by atoms with Crippen molar-refractivity contribution >= 4 is 11.7 Å². The van der Waals surface area contributed by atoms with E-state index in [-0.39, 0.29) is 5.91 Å². The molecule has 0 radical (unpaired) electrons. The molecule has 4 heteroatoms. The fraction of sp³-hybridized carbons (Fsp3) is 0.200. The Morgan fingerprint density at radius 3 is 2.89 bits per heavy atom. The first kappa shape index (κ1) is 11.7. The van der Waals surface area contributed by atoms with Crippen molar-refractivity contribution in [3.8, 4) is 5.75 Å². The molecule has 0 N–H and O–H groups in total. The minimum atomic E-state index is -0.596. The van der Waals surface area contributed by atoms with Crippen molar-refractivity contribution in [1.82, 2.24) is 4.98 Å². The third kappa shape index (κ3) is 1.95. The Morgan fingerprint density at radius 2 is 2.11 bits per heavy atom. The van der Waals surface area contributed by atoms with Crippen LogP contribution in [0.3, 0.4) is 0 Å². The van der Waals surface area contributed by atoms with Crippen LogP contribution in [0.2, 0.25) is 0 Å². The molecule has 1 aliphatic rings. The number of carbonyl (C=O) groups is 1. The predicted octanol–water partition coefficient (Wildman–Crippen LogP) is 2.49.